The first-order valence-electron chi connectivity index (χ1n) is 5.45. The lowest BCUT2D eigenvalue weighted by Gasteiger charge is -2.44. The van der Waals surface area contributed by atoms with Gasteiger partial charge in [0.15, 0.2) is 0 Å². The minimum Gasteiger partial charge on any atom is -0.393 e. The van der Waals surface area contributed by atoms with Crippen molar-refractivity contribution in [2.75, 3.05) is 19.6 Å². The summed E-state index contributed by atoms with van der Waals surface area (Å²) in [5.74, 6) is 0.631. The zero-order valence-corrected chi connectivity index (χ0v) is 9.55. The lowest BCUT2D eigenvalue weighted by Crippen LogP contribution is -2.57. The van der Waals surface area contributed by atoms with E-state index in [0.29, 0.717) is 12.0 Å². The van der Waals surface area contributed by atoms with E-state index in [2.05, 4.69) is 10.2 Å². The molecule has 0 saturated carbocycles. The van der Waals surface area contributed by atoms with Crippen molar-refractivity contribution in [3.05, 3.63) is 0 Å². The lowest BCUT2D eigenvalue weighted by molar-refractivity contribution is -0.121. The lowest BCUT2D eigenvalue weighted by atomic mass is 9.84. The molecule has 0 spiro atoms. The van der Waals surface area contributed by atoms with E-state index in [1.54, 1.807) is 0 Å². The van der Waals surface area contributed by atoms with E-state index in [4.69, 9.17) is 18.0 Å². The predicted octanol–water partition coefficient (Wildman–Crippen LogP) is -0.127. The molecule has 84 valence electrons. The molecule has 1 amide bonds. The zero-order valence-electron chi connectivity index (χ0n) is 8.74. The molecule has 0 aromatic rings. The van der Waals surface area contributed by atoms with E-state index in [1.807, 2.05) is 0 Å². The fraction of sp³-hybridized carbons (Fsp3) is 0.800. The Kier molecular flexibility index (Phi) is 3.21. The fourth-order valence-corrected chi connectivity index (χ4v) is 2.68. The second kappa shape index (κ2) is 4.45. The van der Waals surface area contributed by atoms with Crippen LogP contribution in [0.5, 0.6) is 0 Å². The fourth-order valence-electron chi connectivity index (χ4n) is 2.54. The van der Waals surface area contributed by atoms with E-state index in [1.165, 1.54) is 25.9 Å². The highest BCUT2D eigenvalue weighted by atomic mass is 32.1. The summed E-state index contributed by atoms with van der Waals surface area (Å²) in [4.78, 5) is 14.2. The smallest absolute Gasteiger partial charge is 0.227 e. The average Bonchev–Trinajstić information content (AvgIpc) is 2.17. The number of carbonyl (C=O) groups excluding carboxylic acids is 1. The van der Waals surface area contributed by atoms with Crippen LogP contribution >= 0.6 is 12.2 Å². The Morgan fingerprint density at radius 1 is 1.47 bits per heavy atom. The largest absolute Gasteiger partial charge is 0.393 e. The van der Waals surface area contributed by atoms with Crippen LogP contribution in [0.25, 0.3) is 0 Å². The third-order valence-electron chi connectivity index (χ3n) is 3.34. The number of nitrogens with one attached hydrogen (secondary N) is 1. The minimum atomic E-state index is -0.0266. The number of nitrogens with zero attached hydrogens (tertiary/aromatic N) is 1. The Balaban J connectivity index is 1.84. The molecule has 0 aromatic heterocycles. The number of carbonyl (C=O) groups is 1. The molecule has 3 rings (SSSR count). The van der Waals surface area contributed by atoms with Crippen LogP contribution < -0.4 is 11.1 Å². The van der Waals surface area contributed by atoms with Crippen molar-refractivity contribution < 1.29 is 4.79 Å². The summed E-state index contributed by atoms with van der Waals surface area (Å²) < 4.78 is 0. The second-order valence-corrected chi connectivity index (χ2v) is 4.98. The molecule has 2 bridgehead atoms. The first-order valence-corrected chi connectivity index (χ1v) is 5.86. The van der Waals surface area contributed by atoms with Crippen LogP contribution in [0, 0.1) is 5.92 Å². The first-order chi connectivity index (χ1) is 7.15. The molecule has 0 radical (unpaired) electrons. The number of piperidine rings is 3. The monoisotopic (exact) mass is 227 g/mol. The standard InChI is InChI=1S/C10H17N3OS/c11-9(15)5-10(14)12-8-6-13-3-1-7(8)2-4-13/h7-8H,1-6H2,(H2,11,15)(H,12,14). The van der Waals surface area contributed by atoms with Gasteiger partial charge >= 0.3 is 0 Å². The summed E-state index contributed by atoms with van der Waals surface area (Å²) >= 11 is 4.71. The highest BCUT2D eigenvalue weighted by Crippen LogP contribution is 2.27. The van der Waals surface area contributed by atoms with Crippen molar-refractivity contribution in [1.29, 1.82) is 0 Å². The summed E-state index contributed by atoms with van der Waals surface area (Å²) in [6, 6.07) is 0.314. The van der Waals surface area contributed by atoms with Crippen molar-refractivity contribution in [2.24, 2.45) is 11.7 Å². The van der Waals surface area contributed by atoms with Gasteiger partial charge in [0.25, 0.3) is 0 Å². The molecule has 3 fully saturated rings. The van der Waals surface area contributed by atoms with Crippen molar-refractivity contribution in [3.63, 3.8) is 0 Å². The van der Waals surface area contributed by atoms with Crippen LogP contribution in [0.15, 0.2) is 0 Å². The number of fused-ring (bicyclic) bond motifs is 3. The number of hydrogen-bond acceptors (Lipinski definition) is 3. The quantitative estimate of drug-likeness (QED) is 0.660. The molecule has 3 aliphatic heterocycles. The Hall–Kier alpha value is -0.680. The summed E-state index contributed by atoms with van der Waals surface area (Å²) in [6.07, 6.45) is 2.59. The van der Waals surface area contributed by atoms with Gasteiger partial charge in [-0.2, -0.15) is 0 Å². The maximum Gasteiger partial charge on any atom is 0.227 e. The molecule has 1 unspecified atom stereocenters. The molecule has 4 nitrogen and oxygen atoms in total. The number of rotatable bonds is 3. The van der Waals surface area contributed by atoms with Gasteiger partial charge in [-0.3, -0.25) is 4.79 Å². The van der Waals surface area contributed by atoms with Crippen LogP contribution in [0.2, 0.25) is 0 Å². The molecule has 3 saturated heterocycles. The molecule has 3 N–H and O–H groups in total. The van der Waals surface area contributed by atoms with Gasteiger partial charge in [0.05, 0.1) is 11.4 Å². The van der Waals surface area contributed by atoms with Crippen LogP contribution in [0.1, 0.15) is 19.3 Å². The van der Waals surface area contributed by atoms with Crippen molar-refractivity contribution in [2.45, 2.75) is 25.3 Å². The maximum absolute atomic E-state index is 11.5. The number of nitrogens with two attached hydrogens (primary N) is 1. The Morgan fingerprint density at radius 2 is 2.13 bits per heavy atom. The third-order valence-corrected chi connectivity index (χ3v) is 3.48. The number of hydrogen-bond donors (Lipinski definition) is 2. The van der Waals surface area contributed by atoms with Gasteiger partial charge in [-0.15, -0.1) is 0 Å². The minimum absolute atomic E-state index is 0.0266. The SMILES string of the molecule is NC(=S)CC(=O)NC1CN2CCC1CC2. The maximum atomic E-state index is 11.5. The highest BCUT2D eigenvalue weighted by molar-refractivity contribution is 7.80. The highest BCUT2D eigenvalue weighted by Gasteiger charge is 2.34. The first kappa shape index (κ1) is 10.8. The van der Waals surface area contributed by atoms with E-state index < -0.39 is 0 Å². The molecule has 3 heterocycles. The average molecular weight is 227 g/mol. The van der Waals surface area contributed by atoms with Gasteiger partial charge in [0.2, 0.25) is 5.91 Å². The molecule has 15 heavy (non-hydrogen) atoms. The number of thiocarbonyl (C=S) groups is 1. The zero-order chi connectivity index (χ0) is 10.8. The molecule has 0 aliphatic carbocycles. The Bertz CT molecular complexity index is 274. The summed E-state index contributed by atoms with van der Waals surface area (Å²) in [5.41, 5.74) is 5.33. The van der Waals surface area contributed by atoms with Gasteiger partial charge < -0.3 is 16.0 Å². The number of amides is 1. The van der Waals surface area contributed by atoms with E-state index >= 15 is 0 Å². The predicted molar refractivity (Wildman–Crippen MR) is 62.5 cm³/mol. The van der Waals surface area contributed by atoms with E-state index in [9.17, 15) is 4.79 Å². The molecule has 5 heteroatoms. The Morgan fingerprint density at radius 3 is 2.60 bits per heavy atom. The van der Waals surface area contributed by atoms with Crippen LogP contribution in [-0.4, -0.2) is 41.5 Å². The van der Waals surface area contributed by atoms with Crippen LogP contribution in [-0.2, 0) is 4.79 Å². The van der Waals surface area contributed by atoms with Gasteiger partial charge in [0, 0.05) is 12.6 Å². The third kappa shape index (κ3) is 2.66. The van der Waals surface area contributed by atoms with Gasteiger partial charge in [-0.1, -0.05) is 12.2 Å². The van der Waals surface area contributed by atoms with Gasteiger partial charge in [0.1, 0.15) is 0 Å². The normalized spacial score (nSPS) is 33.7. The van der Waals surface area contributed by atoms with Crippen molar-refractivity contribution in [3.8, 4) is 0 Å². The molecular weight excluding hydrogens is 210 g/mol. The molecular formula is C10H17N3OS. The second-order valence-electron chi connectivity index (χ2n) is 4.46. The summed E-state index contributed by atoms with van der Waals surface area (Å²) in [7, 11) is 0. The van der Waals surface area contributed by atoms with Crippen LogP contribution in [0.3, 0.4) is 0 Å². The van der Waals surface area contributed by atoms with Crippen molar-refractivity contribution in [1.82, 2.24) is 10.2 Å². The molecule has 1 atom stereocenters. The van der Waals surface area contributed by atoms with Crippen molar-refractivity contribution >= 4 is 23.1 Å². The van der Waals surface area contributed by atoms with E-state index in [-0.39, 0.29) is 17.3 Å². The molecule has 0 aromatic carbocycles. The topological polar surface area (TPSA) is 58.4 Å². The van der Waals surface area contributed by atoms with Gasteiger partial charge in [-0.25, -0.2) is 0 Å². The van der Waals surface area contributed by atoms with Crippen LogP contribution in [0.4, 0.5) is 0 Å². The summed E-state index contributed by atoms with van der Waals surface area (Å²) in [6.45, 7) is 3.37. The molecule has 3 aliphatic rings. The van der Waals surface area contributed by atoms with E-state index in [0.717, 1.165) is 6.54 Å². The Labute approximate surface area is 95.2 Å². The van der Waals surface area contributed by atoms with Gasteiger partial charge in [-0.05, 0) is 31.8 Å². The summed E-state index contributed by atoms with van der Waals surface area (Å²) in [5, 5.41) is 3.03.